The lowest BCUT2D eigenvalue weighted by molar-refractivity contribution is -0.141. The van der Waals surface area contributed by atoms with Crippen molar-refractivity contribution in [3.63, 3.8) is 0 Å². The van der Waals surface area contributed by atoms with Crippen LogP contribution in [0, 0.1) is 5.92 Å². The summed E-state index contributed by atoms with van der Waals surface area (Å²) in [5.74, 6) is -1.60. The third kappa shape index (κ3) is 3.57. The molecule has 3 rings (SSSR count). The maximum absolute atomic E-state index is 13.1. The molecule has 2 aliphatic carbocycles. The van der Waals surface area contributed by atoms with Gasteiger partial charge < -0.3 is 10.4 Å². The second-order valence-electron chi connectivity index (χ2n) is 7.39. The van der Waals surface area contributed by atoms with E-state index >= 15 is 0 Å². The van der Waals surface area contributed by atoms with E-state index in [-0.39, 0.29) is 11.9 Å². The van der Waals surface area contributed by atoms with Crippen LogP contribution in [0.2, 0.25) is 0 Å². The van der Waals surface area contributed by atoms with Crippen molar-refractivity contribution in [1.29, 1.82) is 0 Å². The highest BCUT2D eigenvalue weighted by molar-refractivity contribution is 5.89. The Labute approximate surface area is 149 Å². The van der Waals surface area contributed by atoms with E-state index in [0.717, 1.165) is 25.0 Å². The van der Waals surface area contributed by atoms with Gasteiger partial charge in [-0.05, 0) is 43.7 Å². The third-order valence-electron chi connectivity index (χ3n) is 5.75. The summed E-state index contributed by atoms with van der Waals surface area (Å²) in [6.45, 7) is 0. The van der Waals surface area contributed by atoms with E-state index in [1.165, 1.54) is 6.07 Å². The molecule has 0 unspecified atom stereocenters. The quantitative estimate of drug-likeness (QED) is 0.846. The lowest BCUT2D eigenvalue weighted by atomic mass is 9.77. The van der Waals surface area contributed by atoms with Crippen LogP contribution in [0.4, 0.5) is 13.2 Å². The Bertz CT molecular complexity index is 696. The number of hydrogen-bond donors (Lipinski definition) is 2. The van der Waals surface area contributed by atoms with Gasteiger partial charge in [0.05, 0.1) is 16.9 Å². The topological polar surface area (TPSA) is 66.4 Å². The molecule has 0 aliphatic heterocycles. The Kier molecular flexibility index (Phi) is 4.99. The van der Waals surface area contributed by atoms with Gasteiger partial charge in [-0.1, -0.05) is 31.0 Å². The van der Waals surface area contributed by atoms with Gasteiger partial charge in [0.25, 0.3) is 0 Å². The van der Waals surface area contributed by atoms with Crippen LogP contribution < -0.4 is 5.32 Å². The smallest absolute Gasteiger partial charge is 0.416 e. The molecular weight excluding hydrogens is 347 g/mol. The first-order valence-electron chi connectivity index (χ1n) is 8.94. The van der Waals surface area contributed by atoms with Crippen molar-refractivity contribution < 1.29 is 27.9 Å². The molecule has 0 heterocycles. The van der Waals surface area contributed by atoms with Crippen LogP contribution in [0.3, 0.4) is 0 Å². The highest BCUT2D eigenvalue weighted by atomic mass is 19.4. The van der Waals surface area contributed by atoms with Crippen LogP contribution >= 0.6 is 0 Å². The minimum Gasteiger partial charge on any atom is -0.481 e. The predicted molar refractivity (Wildman–Crippen MR) is 88.5 cm³/mol. The monoisotopic (exact) mass is 369 g/mol. The number of carboxylic acids is 1. The molecule has 1 amide bonds. The van der Waals surface area contributed by atoms with Crippen molar-refractivity contribution in [2.45, 2.75) is 62.6 Å². The van der Waals surface area contributed by atoms with Crippen molar-refractivity contribution in [1.82, 2.24) is 5.32 Å². The van der Waals surface area contributed by atoms with Gasteiger partial charge in [0.15, 0.2) is 0 Å². The Balaban J connectivity index is 1.82. The normalized spacial score (nSPS) is 25.2. The predicted octanol–water partition coefficient (Wildman–Crippen LogP) is 3.89. The van der Waals surface area contributed by atoms with Gasteiger partial charge in [-0.3, -0.25) is 9.59 Å². The van der Waals surface area contributed by atoms with Crippen molar-refractivity contribution >= 4 is 11.9 Å². The van der Waals surface area contributed by atoms with E-state index in [1.54, 1.807) is 6.07 Å². The number of amides is 1. The van der Waals surface area contributed by atoms with E-state index < -0.39 is 29.0 Å². The Hall–Kier alpha value is -2.05. The molecule has 2 aliphatic rings. The summed E-state index contributed by atoms with van der Waals surface area (Å²) in [7, 11) is 0. The van der Waals surface area contributed by atoms with Crippen LogP contribution in [0.5, 0.6) is 0 Å². The van der Waals surface area contributed by atoms with Gasteiger partial charge >= 0.3 is 12.1 Å². The SMILES string of the molecule is O=C(O)[C@@H]1CC[C@H](NC(=O)C2(c3cccc(C(F)(F)F)c3)CCCC2)C1. The maximum atomic E-state index is 13.1. The molecule has 2 fully saturated rings. The van der Waals surface area contributed by atoms with Crippen LogP contribution in [0.25, 0.3) is 0 Å². The molecule has 2 N–H and O–H groups in total. The number of carboxylic acid groups (broad SMARTS) is 1. The van der Waals surface area contributed by atoms with E-state index in [2.05, 4.69) is 5.32 Å². The van der Waals surface area contributed by atoms with Gasteiger partial charge in [0.1, 0.15) is 0 Å². The molecule has 1 aromatic rings. The molecule has 0 bridgehead atoms. The zero-order chi connectivity index (χ0) is 18.9. The van der Waals surface area contributed by atoms with Gasteiger partial charge in [0.2, 0.25) is 5.91 Å². The average molecular weight is 369 g/mol. The molecule has 0 radical (unpaired) electrons. The summed E-state index contributed by atoms with van der Waals surface area (Å²) >= 11 is 0. The largest absolute Gasteiger partial charge is 0.481 e. The maximum Gasteiger partial charge on any atom is 0.416 e. The van der Waals surface area contributed by atoms with Gasteiger partial charge in [-0.25, -0.2) is 0 Å². The number of rotatable bonds is 4. The van der Waals surface area contributed by atoms with Crippen LogP contribution in [-0.2, 0) is 21.2 Å². The summed E-state index contributed by atoms with van der Waals surface area (Å²) in [4.78, 5) is 24.1. The Morgan fingerprint density at radius 3 is 2.42 bits per heavy atom. The molecule has 142 valence electrons. The second kappa shape index (κ2) is 6.93. The number of nitrogens with one attached hydrogen (secondary N) is 1. The summed E-state index contributed by atoms with van der Waals surface area (Å²) in [5.41, 5.74) is -1.31. The summed E-state index contributed by atoms with van der Waals surface area (Å²) in [6, 6.07) is 4.81. The van der Waals surface area contributed by atoms with Crippen molar-refractivity contribution in [2.24, 2.45) is 5.92 Å². The van der Waals surface area contributed by atoms with Crippen LogP contribution in [-0.4, -0.2) is 23.0 Å². The number of carbonyl (C=O) groups excluding carboxylic acids is 1. The zero-order valence-electron chi connectivity index (χ0n) is 14.3. The lowest BCUT2D eigenvalue weighted by Gasteiger charge is -2.30. The number of alkyl halides is 3. The van der Waals surface area contributed by atoms with Gasteiger partial charge in [-0.2, -0.15) is 13.2 Å². The van der Waals surface area contributed by atoms with E-state index in [1.807, 2.05) is 0 Å². The van der Waals surface area contributed by atoms with Crippen molar-refractivity contribution in [3.8, 4) is 0 Å². The van der Waals surface area contributed by atoms with Crippen molar-refractivity contribution in [3.05, 3.63) is 35.4 Å². The fourth-order valence-electron chi connectivity index (χ4n) is 4.28. The number of aliphatic carboxylic acids is 1. The highest BCUT2D eigenvalue weighted by Crippen LogP contribution is 2.43. The van der Waals surface area contributed by atoms with Gasteiger partial charge in [0, 0.05) is 6.04 Å². The first-order chi connectivity index (χ1) is 12.2. The summed E-state index contributed by atoms with van der Waals surface area (Å²) in [6.07, 6.45) is -0.396. The zero-order valence-corrected chi connectivity index (χ0v) is 14.3. The molecule has 2 atom stereocenters. The first kappa shape index (κ1) is 18.7. The fraction of sp³-hybridized carbons (Fsp3) is 0.579. The van der Waals surface area contributed by atoms with E-state index in [0.29, 0.717) is 37.7 Å². The highest BCUT2D eigenvalue weighted by Gasteiger charge is 2.45. The standard InChI is InChI=1S/C19H22F3NO3/c20-19(21,22)14-5-3-4-13(11-14)18(8-1-2-9-18)17(26)23-15-7-6-12(10-15)16(24)25/h3-5,11-12,15H,1-2,6-10H2,(H,23,26)(H,24,25)/t12-,15+/m1/s1. The lowest BCUT2D eigenvalue weighted by Crippen LogP contribution is -2.46. The Morgan fingerprint density at radius 2 is 1.85 bits per heavy atom. The third-order valence-corrected chi connectivity index (χ3v) is 5.75. The molecule has 4 nitrogen and oxygen atoms in total. The van der Waals surface area contributed by atoms with Crippen LogP contribution in [0.1, 0.15) is 56.1 Å². The summed E-state index contributed by atoms with van der Waals surface area (Å²) < 4.78 is 39.2. The Morgan fingerprint density at radius 1 is 1.15 bits per heavy atom. The number of carbonyl (C=O) groups is 2. The summed E-state index contributed by atoms with van der Waals surface area (Å²) in [5, 5.41) is 12.0. The molecular formula is C19H22F3NO3. The molecule has 26 heavy (non-hydrogen) atoms. The number of halogens is 3. The minimum atomic E-state index is -4.45. The molecule has 0 spiro atoms. The first-order valence-corrected chi connectivity index (χ1v) is 8.94. The molecule has 1 aromatic carbocycles. The van der Waals surface area contributed by atoms with Crippen molar-refractivity contribution in [2.75, 3.05) is 0 Å². The molecule has 0 aromatic heterocycles. The fourth-order valence-corrected chi connectivity index (χ4v) is 4.28. The molecule has 0 saturated heterocycles. The molecule has 7 heteroatoms. The van der Waals surface area contributed by atoms with E-state index in [4.69, 9.17) is 5.11 Å². The van der Waals surface area contributed by atoms with Crippen LogP contribution in [0.15, 0.2) is 24.3 Å². The second-order valence-corrected chi connectivity index (χ2v) is 7.39. The number of hydrogen-bond acceptors (Lipinski definition) is 2. The minimum absolute atomic E-state index is 0.230. The van der Waals surface area contributed by atoms with E-state index in [9.17, 15) is 22.8 Å². The molecule has 2 saturated carbocycles. The average Bonchev–Trinajstić information content (AvgIpc) is 3.24. The van der Waals surface area contributed by atoms with Gasteiger partial charge in [-0.15, -0.1) is 0 Å². The number of benzene rings is 1.